The Kier molecular flexibility index (Phi) is 6.57. The Bertz CT molecular complexity index is 774. The molecular formula is C19H22N2O5. The van der Waals surface area contributed by atoms with Gasteiger partial charge in [-0.05, 0) is 35.7 Å². The monoisotopic (exact) mass is 358 g/mol. The first-order chi connectivity index (χ1) is 12.4. The lowest BCUT2D eigenvalue weighted by atomic mass is 10.0. The third kappa shape index (κ3) is 4.97. The topological polar surface area (TPSA) is 111 Å². The van der Waals surface area contributed by atoms with Gasteiger partial charge in [-0.2, -0.15) is 0 Å². The minimum Gasteiger partial charge on any atom is -0.493 e. The molecule has 4 N–H and O–H groups in total. The highest BCUT2D eigenvalue weighted by atomic mass is 16.5. The first kappa shape index (κ1) is 19.3. The Hall–Kier alpha value is -3.06. The molecule has 0 saturated carbocycles. The molecule has 0 radical (unpaired) electrons. The number of methoxy groups -OCH3 is 2. The van der Waals surface area contributed by atoms with Gasteiger partial charge in [0.05, 0.1) is 14.2 Å². The normalized spacial score (nSPS) is 11.5. The molecule has 2 rings (SSSR count). The maximum absolute atomic E-state index is 12.3. The molecule has 0 aromatic heterocycles. The van der Waals surface area contributed by atoms with Crippen LogP contribution in [0.15, 0.2) is 42.5 Å². The number of benzene rings is 2. The number of hydrogen-bond donors (Lipinski definition) is 3. The Morgan fingerprint density at radius 2 is 1.65 bits per heavy atom. The van der Waals surface area contributed by atoms with Crippen LogP contribution in [-0.4, -0.2) is 37.2 Å². The molecule has 2 aromatic carbocycles. The Morgan fingerprint density at radius 3 is 2.23 bits per heavy atom. The summed E-state index contributed by atoms with van der Waals surface area (Å²) in [6, 6.07) is 11.3. The van der Waals surface area contributed by atoms with Gasteiger partial charge in [0.15, 0.2) is 11.5 Å². The predicted molar refractivity (Wildman–Crippen MR) is 96.5 cm³/mol. The van der Waals surface area contributed by atoms with Gasteiger partial charge in [-0.1, -0.05) is 24.3 Å². The second kappa shape index (κ2) is 8.87. The highest BCUT2D eigenvalue weighted by molar-refractivity contribution is 5.94. The van der Waals surface area contributed by atoms with E-state index >= 15 is 0 Å². The molecule has 0 spiro atoms. The van der Waals surface area contributed by atoms with Gasteiger partial charge < -0.3 is 25.6 Å². The van der Waals surface area contributed by atoms with Crippen LogP contribution in [0.5, 0.6) is 11.5 Å². The molecule has 0 heterocycles. The first-order valence-corrected chi connectivity index (χ1v) is 8.01. The minimum atomic E-state index is -1.03. The third-order valence-electron chi connectivity index (χ3n) is 3.89. The number of carbonyl (C=O) groups is 2. The fourth-order valence-corrected chi connectivity index (χ4v) is 2.40. The summed E-state index contributed by atoms with van der Waals surface area (Å²) in [6.07, 6.45) is 0.258. The fraction of sp³-hybridized carbons (Fsp3) is 0.263. The molecule has 2 aromatic rings. The first-order valence-electron chi connectivity index (χ1n) is 8.01. The summed E-state index contributed by atoms with van der Waals surface area (Å²) < 4.78 is 10.3. The van der Waals surface area contributed by atoms with E-state index in [1.165, 1.54) is 14.2 Å². The number of aliphatic carboxylic acids is 1. The number of rotatable bonds is 8. The van der Waals surface area contributed by atoms with Crippen molar-refractivity contribution in [1.29, 1.82) is 0 Å². The summed E-state index contributed by atoms with van der Waals surface area (Å²) in [5.74, 6) is -0.224. The van der Waals surface area contributed by atoms with Crippen molar-refractivity contribution in [2.45, 2.75) is 19.0 Å². The number of amides is 1. The molecule has 1 atom stereocenters. The van der Waals surface area contributed by atoms with E-state index in [1.807, 2.05) is 12.1 Å². The average molecular weight is 358 g/mol. The fourth-order valence-electron chi connectivity index (χ4n) is 2.40. The molecule has 0 bridgehead atoms. The zero-order chi connectivity index (χ0) is 19.1. The Labute approximate surface area is 151 Å². The lowest BCUT2D eigenvalue weighted by Crippen LogP contribution is -2.32. The van der Waals surface area contributed by atoms with Crippen molar-refractivity contribution in [2.24, 2.45) is 5.73 Å². The third-order valence-corrected chi connectivity index (χ3v) is 3.89. The summed E-state index contributed by atoms with van der Waals surface area (Å²) in [6.45, 7) is 0.346. The molecule has 26 heavy (non-hydrogen) atoms. The van der Waals surface area contributed by atoms with Gasteiger partial charge in [0.1, 0.15) is 6.04 Å². The number of nitrogens with two attached hydrogens (primary N) is 1. The van der Waals surface area contributed by atoms with Crippen LogP contribution >= 0.6 is 0 Å². The maximum Gasteiger partial charge on any atom is 0.320 e. The van der Waals surface area contributed by atoms with Crippen LogP contribution in [0, 0.1) is 0 Å². The van der Waals surface area contributed by atoms with Gasteiger partial charge >= 0.3 is 5.97 Å². The van der Waals surface area contributed by atoms with Gasteiger partial charge in [-0.25, -0.2) is 0 Å². The zero-order valence-electron chi connectivity index (χ0n) is 14.7. The molecule has 0 aliphatic heterocycles. The highest BCUT2D eigenvalue weighted by Crippen LogP contribution is 2.27. The van der Waals surface area contributed by atoms with Crippen molar-refractivity contribution in [1.82, 2.24) is 5.32 Å². The van der Waals surface area contributed by atoms with Crippen LogP contribution in [-0.2, 0) is 17.8 Å². The van der Waals surface area contributed by atoms with E-state index < -0.39 is 12.0 Å². The SMILES string of the molecule is COc1ccc(C(=O)NCc2ccc(C[C@H](N)C(=O)O)cc2)cc1OC. The number of carboxylic acid groups (broad SMARTS) is 1. The van der Waals surface area contributed by atoms with Gasteiger partial charge in [0.25, 0.3) is 5.91 Å². The molecule has 7 heteroatoms. The van der Waals surface area contributed by atoms with Crippen LogP contribution in [0.25, 0.3) is 0 Å². The smallest absolute Gasteiger partial charge is 0.320 e. The van der Waals surface area contributed by atoms with E-state index in [0.717, 1.165) is 11.1 Å². The average Bonchev–Trinajstić information content (AvgIpc) is 2.66. The minimum absolute atomic E-state index is 0.233. The van der Waals surface area contributed by atoms with E-state index in [4.69, 9.17) is 20.3 Å². The van der Waals surface area contributed by atoms with Crippen LogP contribution in [0.4, 0.5) is 0 Å². The number of hydrogen-bond acceptors (Lipinski definition) is 5. The lowest BCUT2D eigenvalue weighted by Gasteiger charge is -2.11. The Balaban J connectivity index is 1.96. The quantitative estimate of drug-likeness (QED) is 0.661. The molecule has 0 saturated heterocycles. The standard InChI is InChI=1S/C19H22N2O5/c1-25-16-8-7-14(10-17(16)26-2)18(22)21-11-13-5-3-12(4-6-13)9-15(20)19(23)24/h3-8,10,15H,9,11,20H2,1-2H3,(H,21,22)(H,23,24)/t15-/m0/s1. The van der Waals surface area contributed by atoms with E-state index in [2.05, 4.69) is 5.32 Å². The molecule has 0 fully saturated rings. The van der Waals surface area contributed by atoms with Crippen molar-refractivity contribution in [3.8, 4) is 11.5 Å². The summed E-state index contributed by atoms with van der Waals surface area (Å²) >= 11 is 0. The van der Waals surface area contributed by atoms with E-state index in [9.17, 15) is 9.59 Å². The molecule has 0 aliphatic carbocycles. The van der Waals surface area contributed by atoms with Crippen LogP contribution in [0.3, 0.4) is 0 Å². The number of carbonyl (C=O) groups excluding carboxylic acids is 1. The van der Waals surface area contributed by atoms with Crippen LogP contribution in [0.1, 0.15) is 21.5 Å². The molecular weight excluding hydrogens is 336 g/mol. The summed E-state index contributed by atoms with van der Waals surface area (Å²) in [5.41, 5.74) is 7.71. The van der Waals surface area contributed by atoms with Gasteiger partial charge in [0, 0.05) is 12.1 Å². The van der Waals surface area contributed by atoms with Gasteiger partial charge in [0.2, 0.25) is 0 Å². The van der Waals surface area contributed by atoms with Crippen molar-refractivity contribution in [3.05, 3.63) is 59.2 Å². The number of carboxylic acids is 1. The second-order valence-corrected chi connectivity index (χ2v) is 5.72. The molecule has 0 aliphatic rings. The lowest BCUT2D eigenvalue weighted by molar-refractivity contribution is -0.138. The van der Waals surface area contributed by atoms with E-state index in [-0.39, 0.29) is 12.3 Å². The maximum atomic E-state index is 12.3. The highest BCUT2D eigenvalue weighted by Gasteiger charge is 2.12. The Morgan fingerprint density at radius 1 is 1.04 bits per heavy atom. The number of ether oxygens (including phenoxy) is 2. The summed E-state index contributed by atoms with van der Waals surface area (Å²) in [7, 11) is 3.04. The van der Waals surface area contributed by atoms with E-state index in [1.54, 1.807) is 30.3 Å². The molecule has 0 unspecified atom stereocenters. The van der Waals surface area contributed by atoms with Crippen molar-refractivity contribution in [3.63, 3.8) is 0 Å². The van der Waals surface area contributed by atoms with Gasteiger partial charge in [-0.15, -0.1) is 0 Å². The molecule has 138 valence electrons. The largest absolute Gasteiger partial charge is 0.493 e. The van der Waals surface area contributed by atoms with Crippen LogP contribution < -0.4 is 20.5 Å². The molecule has 1 amide bonds. The summed E-state index contributed by atoms with van der Waals surface area (Å²) in [5, 5.41) is 11.7. The summed E-state index contributed by atoms with van der Waals surface area (Å²) in [4.78, 5) is 23.1. The second-order valence-electron chi connectivity index (χ2n) is 5.72. The van der Waals surface area contributed by atoms with Crippen molar-refractivity contribution >= 4 is 11.9 Å². The predicted octanol–water partition coefficient (Wildman–Crippen LogP) is 1.59. The van der Waals surface area contributed by atoms with Gasteiger partial charge in [-0.3, -0.25) is 9.59 Å². The van der Waals surface area contributed by atoms with Crippen LogP contribution in [0.2, 0.25) is 0 Å². The zero-order valence-corrected chi connectivity index (χ0v) is 14.7. The van der Waals surface area contributed by atoms with Crippen molar-refractivity contribution < 1.29 is 24.2 Å². The number of nitrogens with one attached hydrogen (secondary N) is 1. The van der Waals surface area contributed by atoms with Crippen molar-refractivity contribution in [2.75, 3.05) is 14.2 Å². The molecule has 7 nitrogen and oxygen atoms in total. The van der Waals surface area contributed by atoms with E-state index in [0.29, 0.717) is 23.6 Å².